The minimum atomic E-state index is -4.64. The van der Waals surface area contributed by atoms with E-state index in [9.17, 15) is 14.0 Å². The van der Waals surface area contributed by atoms with Crippen LogP contribution >= 0.6 is 15.0 Å². The van der Waals surface area contributed by atoms with Crippen molar-refractivity contribution < 1.29 is 28.5 Å². The van der Waals surface area contributed by atoms with Crippen LogP contribution in [0.5, 0.6) is 6.01 Å². The van der Waals surface area contributed by atoms with Gasteiger partial charge in [-0.2, -0.15) is 9.97 Å². The van der Waals surface area contributed by atoms with Gasteiger partial charge in [-0.25, -0.2) is 4.98 Å². The van der Waals surface area contributed by atoms with E-state index in [1.165, 1.54) is 24.3 Å². The van der Waals surface area contributed by atoms with E-state index in [1.54, 1.807) is 6.33 Å². The van der Waals surface area contributed by atoms with Gasteiger partial charge in [0.1, 0.15) is 5.90 Å². The maximum Gasteiger partial charge on any atom is 0.335 e. The third kappa shape index (κ3) is 5.24. The number of hydrogen-bond acceptors (Lipinski definition) is 7. The number of nitrogens with one attached hydrogen (secondary N) is 1. The summed E-state index contributed by atoms with van der Waals surface area (Å²) in [7, 11) is -8.82. The van der Waals surface area contributed by atoms with Crippen molar-refractivity contribution in [1.82, 2.24) is 19.5 Å². The van der Waals surface area contributed by atoms with Crippen molar-refractivity contribution >= 4 is 42.9 Å². The van der Waals surface area contributed by atoms with Crippen LogP contribution in [0.1, 0.15) is 20.8 Å². The first-order chi connectivity index (χ1) is 14.0. The minimum absolute atomic E-state index is 0.0525. The molecule has 1 aromatic carbocycles. The van der Waals surface area contributed by atoms with Crippen molar-refractivity contribution in [2.24, 2.45) is 0 Å². The molecule has 1 unspecified atom stereocenters. The molecule has 0 saturated heterocycles. The number of hydrogen-bond donors (Lipinski definition) is 4. The molecule has 0 bridgehead atoms. The Labute approximate surface area is 172 Å². The average molecular weight is 455 g/mol. The van der Waals surface area contributed by atoms with E-state index in [-0.39, 0.29) is 17.4 Å². The molecule has 3 rings (SSSR count). The molecule has 0 saturated carbocycles. The first-order valence-corrected chi connectivity index (χ1v) is 12.8. The summed E-state index contributed by atoms with van der Waals surface area (Å²) in [6.45, 7) is 6.35. The summed E-state index contributed by atoms with van der Waals surface area (Å²) in [4.78, 5) is 41.1. The fourth-order valence-electron chi connectivity index (χ4n) is 2.75. The molecule has 0 radical (unpaired) electrons. The Hall–Kier alpha value is -2.29. The SMILES string of the molecule is CCn1cnc2c(Nc3ccc(P(=O)(O)CP(=O)(O)O)cc3)nc(OC(C)C)nc21. The largest absolute Gasteiger partial charge is 0.461 e. The summed E-state index contributed by atoms with van der Waals surface area (Å²) >= 11 is 0. The zero-order valence-electron chi connectivity index (χ0n) is 16.6. The van der Waals surface area contributed by atoms with Crippen molar-refractivity contribution in [2.45, 2.75) is 33.4 Å². The minimum Gasteiger partial charge on any atom is -0.461 e. The monoisotopic (exact) mass is 455 g/mol. The normalized spacial score (nSPS) is 14.1. The lowest BCUT2D eigenvalue weighted by molar-refractivity contribution is 0.223. The third-order valence-corrected chi connectivity index (χ3v) is 8.15. The van der Waals surface area contributed by atoms with E-state index < -0.39 is 20.9 Å². The van der Waals surface area contributed by atoms with E-state index in [1.807, 2.05) is 25.3 Å². The van der Waals surface area contributed by atoms with Crippen LogP contribution < -0.4 is 15.4 Å². The molecule has 2 heterocycles. The number of anilines is 2. The lowest BCUT2D eigenvalue weighted by atomic mass is 10.3. The highest BCUT2D eigenvalue weighted by atomic mass is 31.2. The molecule has 0 spiro atoms. The molecule has 13 heteroatoms. The van der Waals surface area contributed by atoms with Gasteiger partial charge in [0.05, 0.1) is 12.4 Å². The van der Waals surface area contributed by atoms with Gasteiger partial charge in [-0.15, -0.1) is 0 Å². The number of nitrogens with zero attached hydrogens (tertiary/aromatic N) is 4. The average Bonchev–Trinajstić information content (AvgIpc) is 3.03. The Morgan fingerprint density at radius 1 is 1.13 bits per heavy atom. The van der Waals surface area contributed by atoms with Crippen LogP contribution in [-0.4, -0.2) is 46.2 Å². The van der Waals surface area contributed by atoms with Crippen molar-refractivity contribution in [3.05, 3.63) is 30.6 Å². The molecule has 0 aliphatic heterocycles. The Bertz CT molecular complexity index is 1140. The second-order valence-corrected chi connectivity index (χ2v) is 11.3. The molecule has 4 N–H and O–H groups in total. The number of ether oxygens (including phenoxy) is 1. The van der Waals surface area contributed by atoms with Gasteiger partial charge in [-0.1, -0.05) is 0 Å². The number of fused-ring (bicyclic) bond motifs is 1. The highest BCUT2D eigenvalue weighted by Crippen LogP contribution is 2.53. The fourth-order valence-corrected chi connectivity index (χ4v) is 6.02. The van der Waals surface area contributed by atoms with Gasteiger partial charge in [0, 0.05) is 17.5 Å². The molecule has 162 valence electrons. The van der Waals surface area contributed by atoms with Gasteiger partial charge in [-0.3, -0.25) is 9.13 Å². The van der Waals surface area contributed by atoms with Crippen molar-refractivity contribution in [1.29, 1.82) is 0 Å². The molecule has 30 heavy (non-hydrogen) atoms. The van der Waals surface area contributed by atoms with E-state index in [4.69, 9.17) is 14.5 Å². The van der Waals surface area contributed by atoms with Crippen LogP contribution in [0.4, 0.5) is 11.5 Å². The van der Waals surface area contributed by atoms with Crippen molar-refractivity contribution in [3.8, 4) is 6.01 Å². The Kier molecular flexibility index (Phi) is 6.31. The summed E-state index contributed by atoms with van der Waals surface area (Å²) in [5.41, 5.74) is 1.67. The van der Waals surface area contributed by atoms with Gasteiger partial charge in [0.15, 0.2) is 17.0 Å². The molecular weight excluding hydrogens is 432 g/mol. The van der Waals surface area contributed by atoms with Crippen molar-refractivity contribution in [3.63, 3.8) is 0 Å². The van der Waals surface area contributed by atoms with Crippen LogP contribution in [0, 0.1) is 0 Å². The third-order valence-electron chi connectivity index (χ3n) is 4.03. The van der Waals surface area contributed by atoms with E-state index in [0.29, 0.717) is 29.2 Å². The summed E-state index contributed by atoms with van der Waals surface area (Å²) in [5.74, 6) is -0.707. The number of aryl methyl sites for hydroxylation is 1. The molecule has 2 aromatic heterocycles. The van der Waals surface area contributed by atoms with Crippen LogP contribution in [0.25, 0.3) is 11.2 Å². The zero-order valence-corrected chi connectivity index (χ0v) is 18.4. The van der Waals surface area contributed by atoms with Crippen LogP contribution in [0.15, 0.2) is 30.6 Å². The second-order valence-electron chi connectivity index (χ2n) is 6.90. The summed E-state index contributed by atoms with van der Waals surface area (Å²) in [6.07, 6.45) is 1.52. The molecule has 0 aliphatic carbocycles. The lowest BCUT2D eigenvalue weighted by Crippen LogP contribution is -2.10. The van der Waals surface area contributed by atoms with E-state index in [0.717, 1.165) is 0 Å². The van der Waals surface area contributed by atoms with Crippen LogP contribution in [0.2, 0.25) is 0 Å². The van der Waals surface area contributed by atoms with Gasteiger partial charge in [0.2, 0.25) is 7.37 Å². The standard InChI is InChI=1S/C17H23N5O6P2/c1-4-22-9-18-14-15(20-17(21-16(14)22)28-11(2)3)19-12-5-7-13(8-6-12)29(23,24)10-30(25,26)27/h5-9,11H,4,10H2,1-3H3,(H,23,24)(H,19,20,21)(H2,25,26,27). The summed E-state index contributed by atoms with van der Waals surface area (Å²) in [5, 5.41) is 3.04. The molecular formula is C17H23N5O6P2. The maximum absolute atomic E-state index is 12.3. The second kappa shape index (κ2) is 8.45. The predicted molar refractivity (Wildman–Crippen MR) is 113 cm³/mol. The van der Waals surface area contributed by atoms with Gasteiger partial charge >= 0.3 is 13.6 Å². The fraction of sp³-hybridized carbons (Fsp3) is 0.353. The molecule has 0 fully saturated rings. The maximum atomic E-state index is 12.3. The van der Waals surface area contributed by atoms with Crippen molar-refractivity contribution in [2.75, 3.05) is 11.2 Å². The van der Waals surface area contributed by atoms with Gasteiger partial charge < -0.3 is 29.3 Å². The number of rotatable bonds is 8. The Balaban J connectivity index is 1.93. The molecule has 0 amide bonds. The number of aromatic nitrogens is 4. The highest BCUT2D eigenvalue weighted by Gasteiger charge is 2.31. The summed E-state index contributed by atoms with van der Waals surface area (Å²) in [6, 6.07) is 5.91. The quantitative estimate of drug-likeness (QED) is 0.371. The molecule has 0 aliphatic rings. The van der Waals surface area contributed by atoms with Crippen LogP contribution in [0.3, 0.4) is 0 Å². The smallest absolute Gasteiger partial charge is 0.335 e. The number of imidazole rings is 1. The van der Waals surface area contributed by atoms with E-state index in [2.05, 4.69) is 20.3 Å². The zero-order chi connectivity index (χ0) is 22.1. The summed E-state index contributed by atoms with van der Waals surface area (Å²) < 4.78 is 30.8. The Morgan fingerprint density at radius 2 is 1.80 bits per heavy atom. The molecule has 11 nitrogen and oxygen atoms in total. The topological polar surface area (TPSA) is 160 Å². The highest BCUT2D eigenvalue weighted by molar-refractivity contribution is 7.77. The first kappa shape index (κ1) is 22.4. The molecule has 1 atom stereocenters. The Morgan fingerprint density at radius 3 is 2.37 bits per heavy atom. The van der Waals surface area contributed by atoms with Gasteiger partial charge in [-0.05, 0) is 45.0 Å². The number of benzene rings is 1. The predicted octanol–water partition coefficient (Wildman–Crippen LogP) is 2.41. The van der Waals surface area contributed by atoms with Gasteiger partial charge in [0.25, 0.3) is 0 Å². The molecule has 3 aromatic rings. The van der Waals surface area contributed by atoms with E-state index >= 15 is 0 Å². The first-order valence-electron chi connectivity index (χ1n) is 9.12. The lowest BCUT2D eigenvalue weighted by Gasteiger charge is -2.14. The van der Waals surface area contributed by atoms with Crippen LogP contribution in [-0.2, 0) is 15.7 Å².